The number of phenols is 1. The summed E-state index contributed by atoms with van der Waals surface area (Å²) in [4.78, 5) is 0. The number of rotatable bonds is 2. The molecular formula is C14H13BrO. The first-order valence-corrected chi connectivity index (χ1v) is 5.98. The zero-order valence-corrected chi connectivity index (χ0v) is 10.7. The minimum Gasteiger partial charge on any atom is -0.506 e. The van der Waals surface area contributed by atoms with Gasteiger partial charge in [0.25, 0.3) is 0 Å². The van der Waals surface area contributed by atoms with E-state index in [4.69, 9.17) is 0 Å². The molecule has 0 unspecified atom stereocenters. The van der Waals surface area contributed by atoms with Crippen molar-refractivity contribution in [3.8, 4) is 5.75 Å². The molecule has 0 fully saturated rings. The van der Waals surface area contributed by atoms with E-state index in [1.807, 2.05) is 37.3 Å². The summed E-state index contributed by atoms with van der Waals surface area (Å²) < 4.78 is 0.762. The average molecular weight is 277 g/mol. The van der Waals surface area contributed by atoms with Crippen molar-refractivity contribution in [1.29, 1.82) is 0 Å². The summed E-state index contributed by atoms with van der Waals surface area (Å²) in [7, 11) is 0. The van der Waals surface area contributed by atoms with Gasteiger partial charge >= 0.3 is 0 Å². The second-order valence-electron chi connectivity index (χ2n) is 3.91. The Morgan fingerprint density at radius 2 is 1.75 bits per heavy atom. The molecule has 0 saturated carbocycles. The largest absolute Gasteiger partial charge is 0.506 e. The maximum Gasteiger partial charge on any atom is 0.132 e. The van der Waals surface area contributed by atoms with E-state index < -0.39 is 0 Å². The molecule has 82 valence electrons. The van der Waals surface area contributed by atoms with Crippen LogP contribution in [-0.4, -0.2) is 5.11 Å². The minimum atomic E-state index is 0.330. The van der Waals surface area contributed by atoms with Crippen LogP contribution in [0.4, 0.5) is 0 Å². The molecular weight excluding hydrogens is 264 g/mol. The summed E-state index contributed by atoms with van der Waals surface area (Å²) in [6, 6.07) is 14.3. The lowest BCUT2D eigenvalue weighted by Gasteiger charge is -2.07. The van der Waals surface area contributed by atoms with Crippen LogP contribution in [-0.2, 0) is 6.42 Å². The third-order valence-electron chi connectivity index (χ3n) is 2.56. The molecule has 1 nitrogen and oxygen atoms in total. The lowest BCUT2D eigenvalue weighted by Crippen LogP contribution is -1.89. The van der Waals surface area contributed by atoms with Crippen molar-refractivity contribution in [1.82, 2.24) is 0 Å². The Hall–Kier alpha value is -1.28. The molecule has 0 spiro atoms. The van der Waals surface area contributed by atoms with Gasteiger partial charge in [0.1, 0.15) is 5.75 Å². The number of benzene rings is 2. The van der Waals surface area contributed by atoms with Crippen molar-refractivity contribution < 1.29 is 5.11 Å². The molecule has 0 aromatic heterocycles. The number of phenolic OH excluding ortho intramolecular Hbond substituents is 1. The molecule has 16 heavy (non-hydrogen) atoms. The van der Waals surface area contributed by atoms with Gasteiger partial charge in [-0.3, -0.25) is 0 Å². The van der Waals surface area contributed by atoms with Crippen molar-refractivity contribution in [2.45, 2.75) is 13.3 Å². The molecule has 0 heterocycles. The van der Waals surface area contributed by atoms with Gasteiger partial charge in [-0.1, -0.05) is 36.4 Å². The van der Waals surface area contributed by atoms with Gasteiger partial charge in [-0.2, -0.15) is 0 Å². The number of halogens is 1. The van der Waals surface area contributed by atoms with Crippen molar-refractivity contribution >= 4 is 15.9 Å². The van der Waals surface area contributed by atoms with E-state index in [0.29, 0.717) is 5.75 Å². The van der Waals surface area contributed by atoms with Gasteiger partial charge in [0.05, 0.1) is 4.47 Å². The topological polar surface area (TPSA) is 20.2 Å². The lowest BCUT2D eigenvalue weighted by atomic mass is 10.0. The van der Waals surface area contributed by atoms with E-state index in [1.165, 1.54) is 11.1 Å². The van der Waals surface area contributed by atoms with Crippen molar-refractivity contribution in [2.24, 2.45) is 0 Å². The zero-order valence-electron chi connectivity index (χ0n) is 9.07. The Balaban J connectivity index is 2.29. The van der Waals surface area contributed by atoms with E-state index in [2.05, 4.69) is 28.1 Å². The Morgan fingerprint density at radius 3 is 2.38 bits per heavy atom. The van der Waals surface area contributed by atoms with E-state index in [9.17, 15) is 5.11 Å². The minimum absolute atomic E-state index is 0.330. The molecule has 0 aliphatic carbocycles. The smallest absolute Gasteiger partial charge is 0.132 e. The van der Waals surface area contributed by atoms with Crippen molar-refractivity contribution in [2.75, 3.05) is 0 Å². The molecule has 2 heteroatoms. The summed E-state index contributed by atoms with van der Waals surface area (Å²) in [5, 5.41) is 9.65. The van der Waals surface area contributed by atoms with Crippen LogP contribution >= 0.6 is 15.9 Å². The number of hydrogen-bond donors (Lipinski definition) is 1. The fourth-order valence-corrected chi connectivity index (χ4v) is 2.35. The lowest BCUT2D eigenvalue weighted by molar-refractivity contribution is 0.467. The first-order chi connectivity index (χ1) is 7.66. The second kappa shape index (κ2) is 4.71. The van der Waals surface area contributed by atoms with E-state index in [0.717, 1.165) is 16.5 Å². The van der Waals surface area contributed by atoms with Gasteiger partial charge in [-0.05, 0) is 52.0 Å². The summed E-state index contributed by atoms with van der Waals surface area (Å²) in [5.74, 6) is 0.330. The Labute approximate surface area is 104 Å². The second-order valence-corrected chi connectivity index (χ2v) is 4.76. The van der Waals surface area contributed by atoms with E-state index in [1.54, 1.807) is 0 Å². The Kier molecular flexibility index (Phi) is 3.30. The normalized spacial score (nSPS) is 10.4. The van der Waals surface area contributed by atoms with Crippen molar-refractivity contribution in [3.63, 3.8) is 0 Å². The Morgan fingerprint density at radius 1 is 1.06 bits per heavy atom. The van der Waals surface area contributed by atoms with Gasteiger partial charge in [0.15, 0.2) is 0 Å². The first-order valence-electron chi connectivity index (χ1n) is 5.19. The molecule has 0 saturated heterocycles. The van der Waals surface area contributed by atoms with Crippen LogP contribution in [0.2, 0.25) is 0 Å². The number of hydrogen-bond acceptors (Lipinski definition) is 1. The fraction of sp³-hybridized carbons (Fsp3) is 0.143. The zero-order chi connectivity index (χ0) is 11.5. The predicted octanol–water partition coefficient (Wildman–Crippen LogP) is 4.05. The summed E-state index contributed by atoms with van der Waals surface area (Å²) >= 11 is 3.36. The monoisotopic (exact) mass is 276 g/mol. The average Bonchev–Trinajstić information content (AvgIpc) is 2.27. The van der Waals surface area contributed by atoms with Crippen molar-refractivity contribution in [3.05, 3.63) is 63.6 Å². The van der Waals surface area contributed by atoms with Gasteiger partial charge in [0.2, 0.25) is 0 Å². The third-order valence-corrected chi connectivity index (χ3v) is 3.17. The maximum absolute atomic E-state index is 9.65. The highest BCUT2D eigenvalue weighted by molar-refractivity contribution is 9.10. The van der Waals surface area contributed by atoms with Crippen LogP contribution in [0.5, 0.6) is 5.75 Å². The van der Waals surface area contributed by atoms with Gasteiger partial charge in [-0.25, -0.2) is 0 Å². The van der Waals surface area contributed by atoms with Crippen LogP contribution in [0, 0.1) is 6.92 Å². The Bertz CT molecular complexity index is 468. The molecule has 2 aromatic rings. The molecule has 0 aliphatic rings. The van der Waals surface area contributed by atoms with Crippen LogP contribution < -0.4 is 0 Å². The molecule has 0 amide bonds. The van der Waals surface area contributed by atoms with E-state index in [-0.39, 0.29) is 0 Å². The maximum atomic E-state index is 9.65. The predicted molar refractivity (Wildman–Crippen MR) is 69.8 cm³/mol. The molecule has 1 N–H and O–H groups in total. The molecule has 0 aliphatic heterocycles. The molecule has 2 aromatic carbocycles. The molecule has 0 radical (unpaired) electrons. The standard InChI is InChI=1S/C14H13BrO/c1-10-7-12(9-13(15)14(10)16)8-11-5-3-2-4-6-11/h2-7,9,16H,8H2,1H3. The fourth-order valence-electron chi connectivity index (χ4n) is 1.74. The number of aromatic hydroxyl groups is 1. The van der Waals surface area contributed by atoms with Crippen LogP contribution in [0.15, 0.2) is 46.9 Å². The molecule has 2 rings (SSSR count). The highest BCUT2D eigenvalue weighted by Gasteiger charge is 2.04. The highest BCUT2D eigenvalue weighted by Crippen LogP contribution is 2.29. The summed E-state index contributed by atoms with van der Waals surface area (Å²) in [6.07, 6.45) is 0.889. The van der Waals surface area contributed by atoms with Crippen LogP contribution in [0.3, 0.4) is 0 Å². The highest BCUT2D eigenvalue weighted by atomic mass is 79.9. The summed E-state index contributed by atoms with van der Waals surface area (Å²) in [5.41, 5.74) is 3.38. The van der Waals surface area contributed by atoms with Gasteiger partial charge in [0, 0.05) is 0 Å². The SMILES string of the molecule is Cc1cc(Cc2ccccc2)cc(Br)c1O. The molecule has 0 atom stereocenters. The van der Waals surface area contributed by atoms with Crippen LogP contribution in [0.25, 0.3) is 0 Å². The first kappa shape index (κ1) is 11.2. The van der Waals surface area contributed by atoms with Crippen LogP contribution in [0.1, 0.15) is 16.7 Å². The molecule has 0 bridgehead atoms. The number of aryl methyl sites for hydroxylation is 1. The van der Waals surface area contributed by atoms with Gasteiger partial charge in [-0.15, -0.1) is 0 Å². The van der Waals surface area contributed by atoms with E-state index >= 15 is 0 Å². The summed E-state index contributed by atoms with van der Waals surface area (Å²) in [6.45, 7) is 1.91. The quantitative estimate of drug-likeness (QED) is 0.877. The third kappa shape index (κ3) is 2.45. The van der Waals surface area contributed by atoms with Gasteiger partial charge < -0.3 is 5.11 Å².